The van der Waals surface area contributed by atoms with Gasteiger partial charge in [-0.15, -0.1) is 0 Å². The van der Waals surface area contributed by atoms with Crippen molar-refractivity contribution in [1.29, 1.82) is 0 Å². The summed E-state index contributed by atoms with van der Waals surface area (Å²) >= 11 is 4.99. The summed E-state index contributed by atoms with van der Waals surface area (Å²) in [5.74, 6) is -0.124. The minimum absolute atomic E-state index is 0.0336. The van der Waals surface area contributed by atoms with Crippen LogP contribution < -0.4 is 16.2 Å². The summed E-state index contributed by atoms with van der Waals surface area (Å²) in [6, 6.07) is 5.46. The molecule has 3 N–H and O–H groups in total. The number of aromatic amines is 1. The van der Waals surface area contributed by atoms with Crippen molar-refractivity contribution in [2.24, 2.45) is 7.05 Å². The zero-order valence-corrected chi connectivity index (χ0v) is 13.3. The highest BCUT2D eigenvalue weighted by Gasteiger charge is 2.16. The number of halogens is 1. The van der Waals surface area contributed by atoms with Gasteiger partial charge in [-0.2, -0.15) is 0 Å². The summed E-state index contributed by atoms with van der Waals surface area (Å²) in [6.45, 7) is 1.87. The van der Waals surface area contributed by atoms with E-state index in [4.69, 9.17) is 17.0 Å². The van der Waals surface area contributed by atoms with Crippen molar-refractivity contribution >= 4 is 29.2 Å². The first kappa shape index (κ1) is 16.7. The van der Waals surface area contributed by atoms with Gasteiger partial charge in [-0.05, 0) is 36.8 Å². The molecule has 1 aromatic heterocycles. The second-order valence-electron chi connectivity index (χ2n) is 4.53. The Balaban J connectivity index is 2.28. The van der Waals surface area contributed by atoms with Crippen molar-refractivity contribution < 1.29 is 13.9 Å². The van der Waals surface area contributed by atoms with Gasteiger partial charge in [0.2, 0.25) is 0 Å². The number of anilines is 1. The maximum Gasteiger partial charge on any atom is 0.413 e. The highest BCUT2D eigenvalue weighted by Crippen LogP contribution is 2.23. The number of aromatic nitrogens is 2. The first-order valence-electron chi connectivity index (χ1n) is 6.72. The average Bonchev–Trinajstić information content (AvgIpc) is 2.75. The molecule has 0 fully saturated rings. The van der Waals surface area contributed by atoms with Gasteiger partial charge in [-0.25, -0.2) is 9.18 Å². The number of amides is 1. The van der Waals surface area contributed by atoms with Crippen molar-refractivity contribution in [2.45, 2.75) is 6.92 Å². The van der Waals surface area contributed by atoms with Gasteiger partial charge in [0.1, 0.15) is 11.6 Å². The van der Waals surface area contributed by atoms with Gasteiger partial charge < -0.3 is 10.1 Å². The van der Waals surface area contributed by atoms with E-state index >= 15 is 0 Å². The van der Waals surface area contributed by atoms with Crippen LogP contribution in [0.3, 0.4) is 0 Å². The van der Waals surface area contributed by atoms with Crippen LogP contribution in [-0.2, 0) is 11.8 Å². The summed E-state index contributed by atoms with van der Waals surface area (Å²) in [7, 11) is 1.53. The molecule has 0 aliphatic heterocycles. The quantitative estimate of drug-likeness (QED) is 0.745. The fourth-order valence-electron chi connectivity index (χ4n) is 1.93. The molecule has 9 heteroatoms. The Morgan fingerprint density at radius 3 is 2.65 bits per heavy atom. The van der Waals surface area contributed by atoms with Gasteiger partial charge in [-0.3, -0.25) is 19.9 Å². The first-order valence-corrected chi connectivity index (χ1v) is 7.13. The van der Waals surface area contributed by atoms with Crippen molar-refractivity contribution in [2.75, 3.05) is 11.9 Å². The Labute approximate surface area is 136 Å². The monoisotopic (exact) mass is 338 g/mol. The Kier molecular flexibility index (Phi) is 5.12. The lowest BCUT2D eigenvalue weighted by atomic mass is 10.1. The molecule has 23 heavy (non-hydrogen) atoms. The van der Waals surface area contributed by atoms with Crippen LogP contribution in [0.25, 0.3) is 11.1 Å². The van der Waals surface area contributed by atoms with Crippen molar-refractivity contribution in [3.05, 3.63) is 40.4 Å². The van der Waals surface area contributed by atoms with E-state index in [0.29, 0.717) is 5.56 Å². The van der Waals surface area contributed by atoms with E-state index < -0.39 is 11.9 Å². The van der Waals surface area contributed by atoms with Crippen molar-refractivity contribution in [3.8, 4) is 11.1 Å². The third-order valence-corrected chi connectivity index (χ3v) is 3.11. The number of H-pyrrole nitrogens is 1. The summed E-state index contributed by atoms with van der Waals surface area (Å²) in [5, 5.41) is 7.79. The van der Waals surface area contributed by atoms with Crippen LogP contribution in [0, 0.1) is 5.82 Å². The van der Waals surface area contributed by atoms with E-state index in [-0.39, 0.29) is 28.7 Å². The SMILES string of the molecule is CCOC(=O)NC(=S)Nc1[nH]n(C)c(=O)c1-c1ccc(F)cc1. The predicted octanol–water partition coefficient (Wildman–Crippen LogP) is 1.96. The second-order valence-corrected chi connectivity index (χ2v) is 4.94. The normalized spacial score (nSPS) is 10.2. The molecule has 1 amide bonds. The number of alkyl carbamates (subject to hydrolysis) is 1. The fourth-order valence-corrected chi connectivity index (χ4v) is 2.11. The van der Waals surface area contributed by atoms with Gasteiger partial charge in [0.25, 0.3) is 5.56 Å². The molecule has 0 bridgehead atoms. The first-order chi connectivity index (χ1) is 10.9. The van der Waals surface area contributed by atoms with Crippen LogP contribution in [0.1, 0.15) is 6.92 Å². The molecule has 0 aliphatic carbocycles. The zero-order valence-electron chi connectivity index (χ0n) is 12.5. The lowest BCUT2D eigenvalue weighted by Crippen LogP contribution is -2.34. The van der Waals surface area contributed by atoms with E-state index in [0.717, 1.165) is 0 Å². The third-order valence-electron chi connectivity index (χ3n) is 2.91. The molecule has 0 saturated carbocycles. The lowest BCUT2D eigenvalue weighted by Gasteiger charge is -2.09. The van der Waals surface area contributed by atoms with Crippen molar-refractivity contribution in [3.63, 3.8) is 0 Å². The second kappa shape index (κ2) is 7.05. The van der Waals surface area contributed by atoms with E-state index in [9.17, 15) is 14.0 Å². The number of benzene rings is 1. The zero-order chi connectivity index (χ0) is 17.0. The summed E-state index contributed by atoms with van der Waals surface area (Å²) < 4.78 is 19.0. The number of carbonyl (C=O) groups is 1. The molecule has 1 aromatic carbocycles. The summed E-state index contributed by atoms with van der Waals surface area (Å²) in [5.41, 5.74) is 0.466. The number of hydrogen-bond donors (Lipinski definition) is 3. The number of thiocarbonyl (C=S) groups is 1. The lowest BCUT2D eigenvalue weighted by molar-refractivity contribution is 0.158. The molecule has 2 rings (SSSR count). The van der Waals surface area contributed by atoms with E-state index in [1.54, 1.807) is 6.92 Å². The fraction of sp³-hybridized carbons (Fsp3) is 0.214. The Hall–Kier alpha value is -2.68. The summed E-state index contributed by atoms with van der Waals surface area (Å²) in [4.78, 5) is 23.6. The largest absolute Gasteiger partial charge is 0.450 e. The third kappa shape index (κ3) is 3.95. The van der Waals surface area contributed by atoms with Crippen LogP contribution in [-0.4, -0.2) is 27.6 Å². The molecule has 122 valence electrons. The Bertz CT molecular complexity index is 782. The maximum atomic E-state index is 13.0. The standard InChI is InChI=1S/C14H15FN4O3S/c1-3-22-14(21)17-13(23)16-11-10(12(20)19(2)18-11)8-4-6-9(15)7-5-8/h4-7,18H,3H2,1-2H3,(H2,16,17,21,23). The molecule has 0 spiro atoms. The minimum atomic E-state index is -0.702. The smallest absolute Gasteiger partial charge is 0.413 e. The van der Waals surface area contributed by atoms with Crippen LogP contribution in [0.5, 0.6) is 0 Å². The van der Waals surface area contributed by atoms with E-state index in [2.05, 4.69) is 15.7 Å². The Morgan fingerprint density at radius 1 is 1.39 bits per heavy atom. The summed E-state index contributed by atoms with van der Waals surface area (Å²) in [6.07, 6.45) is -0.702. The molecule has 7 nitrogen and oxygen atoms in total. The van der Waals surface area contributed by atoms with E-state index in [1.807, 2.05) is 0 Å². The predicted molar refractivity (Wildman–Crippen MR) is 87.8 cm³/mol. The highest BCUT2D eigenvalue weighted by molar-refractivity contribution is 7.80. The minimum Gasteiger partial charge on any atom is -0.450 e. The maximum absolute atomic E-state index is 13.0. The molecular formula is C14H15FN4O3S. The molecule has 2 aromatic rings. The van der Waals surface area contributed by atoms with E-state index in [1.165, 1.54) is 36.0 Å². The van der Waals surface area contributed by atoms with Gasteiger partial charge >= 0.3 is 6.09 Å². The number of nitrogens with one attached hydrogen (secondary N) is 3. The number of nitrogens with zero attached hydrogens (tertiary/aromatic N) is 1. The molecule has 0 radical (unpaired) electrons. The molecule has 0 unspecified atom stereocenters. The molecule has 0 atom stereocenters. The highest BCUT2D eigenvalue weighted by atomic mass is 32.1. The number of ether oxygens (including phenoxy) is 1. The van der Waals surface area contributed by atoms with Crippen molar-refractivity contribution in [1.82, 2.24) is 15.1 Å². The number of hydrogen-bond acceptors (Lipinski definition) is 4. The average molecular weight is 338 g/mol. The molecule has 0 saturated heterocycles. The molecular weight excluding hydrogens is 323 g/mol. The topological polar surface area (TPSA) is 88.2 Å². The van der Waals surface area contributed by atoms with Crippen LogP contribution in [0.4, 0.5) is 15.0 Å². The molecule has 1 heterocycles. The number of carbonyl (C=O) groups excluding carboxylic acids is 1. The van der Waals surface area contributed by atoms with Gasteiger partial charge in [0.15, 0.2) is 5.11 Å². The molecule has 0 aliphatic rings. The van der Waals surface area contributed by atoms with Crippen LogP contribution >= 0.6 is 12.2 Å². The van der Waals surface area contributed by atoms with Gasteiger partial charge in [0.05, 0.1) is 12.2 Å². The van der Waals surface area contributed by atoms with Crippen LogP contribution in [0.15, 0.2) is 29.1 Å². The Morgan fingerprint density at radius 2 is 2.04 bits per heavy atom. The van der Waals surface area contributed by atoms with Crippen LogP contribution in [0.2, 0.25) is 0 Å². The number of aryl methyl sites for hydroxylation is 1. The number of rotatable bonds is 3. The van der Waals surface area contributed by atoms with Gasteiger partial charge in [-0.1, -0.05) is 12.1 Å². The van der Waals surface area contributed by atoms with Gasteiger partial charge in [0, 0.05) is 7.05 Å².